The van der Waals surface area contributed by atoms with Crippen molar-refractivity contribution >= 4 is 5.96 Å². The van der Waals surface area contributed by atoms with Gasteiger partial charge in [-0.1, -0.05) is 36.4 Å². The summed E-state index contributed by atoms with van der Waals surface area (Å²) in [5.74, 6) is 1.72. The van der Waals surface area contributed by atoms with Crippen molar-refractivity contribution in [3.8, 4) is 0 Å². The van der Waals surface area contributed by atoms with E-state index >= 15 is 0 Å². The van der Waals surface area contributed by atoms with Crippen molar-refractivity contribution in [1.82, 2.24) is 10.2 Å². The van der Waals surface area contributed by atoms with Gasteiger partial charge in [0.05, 0.1) is 0 Å². The fraction of sp³-hybridized carbons (Fsp3) is 0.438. The molecule has 1 fully saturated rings. The van der Waals surface area contributed by atoms with Crippen LogP contribution in [0.2, 0.25) is 0 Å². The van der Waals surface area contributed by atoms with Crippen molar-refractivity contribution in [2.45, 2.75) is 12.8 Å². The summed E-state index contributed by atoms with van der Waals surface area (Å²) in [7, 11) is 1.84. The van der Waals surface area contributed by atoms with E-state index in [4.69, 9.17) is 0 Å². The van der Waals surface area contributed by atoms with E-state index in [1.54, 1.807) is 0 Å². The highest BCUT2D eigenvalue weighted by molar-refractivity contribution is 5.80. The number of guanidine groups is 1. The summed E-state index contributed by atoms with van der Waals surface area (Å²) < 4.78 is 0. The molecule has 1 aromatic carbocycles. The smallest absolute Gasteiger partial charge is 0.193 e. The van der Waals surface area contributed by atoms with Gasteiger partial charge in [-0.05, 0) is 24.3 Å². The molecule has 0 amide bonds. The molecule has 1 N–H and O–H groups in total. The summed E-state index contributed by atoms with van der Waals surface area (Å²) in [6.45, 7) is 6.68. The van der Waals surface area contributed by atoms with Gasteiger partial charge < -0.3 is 10.2 Å². The normalized spacial score (nSPS) is 19.5. The van der Waals surface area contributed by atoms with Crippen LogP contribution in [0.5, 0.6) is 0 Å². The number of rotatable bonds is 4. The Hall–Kier alpha value is -1.77. The van der Waals surface area contributed by atoms with Gasteiger partial charge in [-0.2, -0.15) is 0 Å². The molecule has 1 aromatic rings. The van der Waals surface area contributed by atoms with Crippen molar-refractivity contribution in [3.63, 3.8) is 0 Å². The fourth-order valence-corrected chi connectivity index (χ4v) is 2.63. The van der Waals surface area contributed by atoms with Crippen LogP contribution in [0.4, 0.5) is 0 Å². The standard InChI is InChI=1S/C16H23N3/c1-3-10-18-16(17-2)19-11-9-15(13-19)12-14-7-5-4-6-8-14/h3-8,15H,1,9-13H2,2H3,(H,17,18). The lowest BCUT2D eigenvalue weighted by Crippen LogP contribution is -2.40. The summed E-state index contributed by atoms with van der Waals surface area (Å²) in [6.07, 6.45) is 4.27. The second kappa shape index (κ2) is 6.98. The fourth-order valence-electron chi connectivity index (χ4n) is 2.63. The third kappa shape index (κ3) is 3.85. The Kier molecular flexibility index (Phi) is 5.01. The molecule has 1 aliphatic rings. The van der Waals surface area contributed by atoms with Crippen LogP contribution < -0.4 is 5.32 Å². The highest BCUT2D eigenvalue weighted by Crippen LogP contribution is 2.20. The van der Waals surface area contributed by atoms with Crippen LogP contribution in [-0.2, 0) is 6.42 Å². The van der Waals surface area contributed by atoms with Crippen LogP contribution in [0.15, 0.2) is 48.0 Å². The van der Waals surface area contributed by atoms with Gasteiger partial charge >= 0.3 is 0 Å². The Morgan fingerprint density at radius 3 is 2.95 bits per heavy atom. The Labute approximate surface area is 116 Å². The Bertz CT molecular complexity index is 425. The van der Waals surface area contributed by atoms with E-state index in [0.717, 1.165) is 37.9 Å². The lowest BCUT2D eigenvalue weighted by Gasteiger charge is -2.21. The minimum Gasteiger partial charge on any atom is -0.353 e. The Morgan fingerprint density at radius 1 is 1.47 bits per heavy atom. The SMILES string of the molecule is C=CCNC(=NC)N1CCC(Cc2ccccc2)C1. The molecule has 0 aromatic heterocycles. The monoisotopic (exact) mass is 257 g/mol. The maximum absolute atomic E-state index is 4.33. The highest BCUT2D eigenvalue weighted by atomic mass is 15.3. The summed E-state index contributed by atoms with van der Waals surface area (Å²) in [4.78, 5) is 6.68. The number of nitrogens with one attached hydrogen (secondary N) is 1. The molecular formula is C16H23N3. The Balaban J connectivity index is 1.87. The third-order valence-electron chi connectivity index (χ3n) is 3.57. The number of hydrogen-bond donors (Lipinski definition) is 1. The first-order valence-corrected chi connectivity index (χ1v) is 6.94. The summed E-state index contributed by atoms with van der Waals surface area (Å²) in [5.41, 5.74) is 1.43. The maximum Gasteiger partial charge on any atom is 0.193 e. The first-order chi connectivity index (χ1) is 9.33. The topological polar surface area (TPSA) is 27.6 Å². The number of aliphatic imine (C=N–C) groups is 1. The average Bonchev–Trinajstić information content (AvgIpc) is 2.89. The molecule has 1 heterocycles. The molecule has 0 saturated carbocycles. The van der Waals surface area contributed by atoms with E-state index in [0.29, 0.717) is 0 Å². The van der Waals surface area contributed by atoms with Gasteiger partial charge in [0.2, 0.25) is 0 Å². The van der Waals surface area contributed by atoms with Crippen LogP contribution in [0.1, 0.15) is 12.0 Å². The molecule has 1 aliphatic heterocycles. The first kappa shape index (κ1) is 13.7. The molecule has 1 atom stereocenters. The van der Waals surface area contributed by atoms with Crippen molar-refractivity contribution in [3.05, 3.63) is 48.6 Å². The molecule has 1 saturated heterocycles. The van der Waals surface area contributed by atoms with Gasteiger partial charge in [0.1, 0.15) is 0 Å². The van der Waals surface area contributed by atoms with E-state index in [2.05, 4.69) is 52.1 Å². The van der Waals surface area contributed by atoms with Crippen molar-refractivity contribution < 1.29 is 0 Å². The lowest BCUT2D eigenvalue weighted by molar-refractivity contribution is 0.462. The number of nitrogens with zero attached hydrogens (tertiary/aromatic N) is 2. The van der Waals surface area contributed by atoms with E-state index in [1.165, 1.54) is 12.0 Å². The molecule has 19 heavy (non-hydrogen) atoms. The van der Waals surface area contributed by atoms with E-state index in [-0.39, 0.29) is 0 Å². The van der Waals surface area contributed by atoms with Gasteiger partial charge in [-0.3, -0.25) is 4.99 Å². The maximum atomic E-state index is 4.33. The molecule has 1 unspecified atom stereocenters. The molecule has 102 valence electrons. The summed E-state index contributed by atoms with van der Waals surface area (Å²) >= 11 is 0. The lowest BCUT2D eigenvalue weighted by atomic mass is 9.99. The minimum absolute atomic E-state index is 0.727. The molecule has 3 heteroatoms. The van der Waals surface area contributed by atoms with Crippen LogP contribution in [0, 0.1) is 5.92 Å². The molecule has 2 rings (SSSR count). The van der Waals surface area contributed by atoms with Crippen LogP contribution >= 0.6 is 0 Å². The Morgan fingerprint density at radius 2 is 2.26 bits per heavy atom. The highest BCUT2D eigenvalue weighted by Gasteiger charge is 2.24. The van der Waals surface area contributed by atoms with Gasteiger partial charge in [0, 0.05) is 26.7 Å². The quantitative estimate of drug-likeness (QED) is 0.509. The molecular weight excluding hydrogens is 234 g/mol. The van der Waals surface area contributed by atoms with Crippen LogP contribution in [0.25, 0.3) is 0 Å². The molecule has 3 nitrogen and oxygen atoms in total. The molecule has 0 spiro atoms. The van der Waals surface area contributed by atoms with E-state index in [1.807, 2.05) is 13.1 Å². The summed E-state index contributed by atoms with van der Waals surface area (Å²) in [5, 5.41) is 3.30. The predicted octanol–water partition coefficient (Wildman–Crippen LogP) is 2.31. The number of benzene rings is 1. The van der Waals surface area contributed by atoms with Crippen LogP contribution in [0.3, 0.4) is 0 Å². The number of likely N-dealkylation sites (tertiary alicyclic amines) is 1. The van der Waals surface area contributed by atoms with E-state index in [9.17, 15) is 0 Å². The average molecular weight is 257 g/mol. The zero-order valence-electron chi connectivity index (χ0n) is 11.7. The largest absolute Gasteiger partial charge is 0.353 e. The van der Waals surface area contributed by atoms with Crippen molar-refractivity contribution in [2.75, 3.05) is 26.7 Å². The number of hydrogen-bond acceptors (Lipinski definition) is 1. The van der Waals surface area contributed by atoms with Gasteiger partial charge in [-0.25, -0.2) is 0 Å². The van der Waals surface area contributed by atoms with E-state index < -0.39 is 0 Å². The molecule has 0 radical (unpaired) electrons. The predicted molar refractivity (Wildman–Crippen MR) is 81.4 cm³/mol. The third-order valence-corrected chi connectivity index (χ3v) is 3.57. The zero-order valence-corrected chi connectivity index (χ0v) is 11.7. The minimum atomic E-state index is 0.727. The van der Waals surface area contributed by atoms with Crippen molar-refractivity contribution in [2.24, 2.45) is 10.9 Å². The van der Waals surface area contributed by atoms with Gasteiger partial charge in [0.25, 0.3) is 0 Å². The summed E-state index contributed by atoms with van der Waals surface area (Å²) in [6, 6.07) is 10.7. The molecule has 0 aliphatic carbocycles. The first-order valence-electron chi connectivity index (χ1n) is 6.94. The van der Waals surface area contributed by atoms with Crippen molar-refractivity contribution in [1.29, 1.82) is 0 Å². The molecule has 0 bridgehead atoms. The second-order valence-corrected chi connectivity index (χ2v) is 5.01. The van der Waals surface area contributed by atoms with Crippen LogP contribution in [-0.4, -0.2) is 37.5 Å². The van der Waals surface area contributed by atoms with Gasteiger partial charge in [0.15, 0.2) is 5.96 Å². The zero-order chi connectivity index (χ0) is 13.5. The second-order valence-electron chi connectivity index (χ2n) is 5.01. The van der Waals surface area contributed by atoms with Gasteiger partial charge in [-0.15, -0.1) is 6.58 Å².